The van der Waals surface area contributed by atoms with Gasteiger partial charge in [-0.1, -0.05) is 120 Å². The maximum absolute atomic E-state index is 10.4. The van der Waals surface area contributed by atoms with Gasteiger partial charge in [0.15, 0.2) is 0 Å². The van der Waals surface area contributed by atoms with Crippen molar-refractivity contribution in [3.63, 3.8) is 0 Å². The minimum absolute atomic E-state index is 0.00635. The Balaban J connectivity index is 1.64. The summed E-state index contributed by atoms with van der Waals surface area (Å²) < 4.78 is 2.40. The van der Waals surface area contributed by atoms with E-state index in [0.717, 1.165) is 50.1 Å². The van der Waals surface area contributed by atoms with Crippen LogP contribution in [0, 0.1) is 22.7 Å². The zero-order valence-corrected chi connectivity index (χ0v) is 29.0. The summed E-state index contributed by atoms with van der Waals surface area (Å²) in [5.74, 6) is 0. The third kappa shape index (κ3) is 5.69. The van der Waals surface area contributed by atoms with Gasteiger partial charge in [0.25, 0.3) is 0 Å². The Morgan fingerprint density at radius 3 is 1.41 bits per heavy atom. The summed E-state index contributed by atoms with van der Waals surface area (Å²) in [6.07, 6.45) is 0. The van der Waals surface area contributed by atoms with Crippen LogP contribution >= 0.6 is 0 Å². The van der Waals surface area contributed by atoms with Crippen molar-refractivity contribution in [1.82, 2.24) is 4.57 Å². The molecule has 0 bridgehead atoms. The second kappa shape index (κ2) is 12.0. The van der Waals surface area contributed by atoms with Crippen LogP contribution in [0.3, 0.4) is 0 Å². The third-order valence-electron chi connectivity index (χ3n) is 9.59. The van der Waals surface area contributed by atoms with E-state index >= 15 is 0 Å². The van der Waals surface area contributed by atoms with Gasteiger partial charge in [-0.05, 0) is 98.3 Å². The van der Waals surface area contributed by atoms with Crippen molar-refractivity contribution in [3.05, 3.63) is 150 Å². The van der Waals surface area contributed by atoms with Gasteiger partial charge in [-0.25, -0.2) is 0 Å². The first-order valence-electron chi connectivity index (χ1n) is 16.8. The Labute approximate surface area is 289 Å². The highest BCUT2D eigenvalue weighted by Gasteiger charge is 2.24. The van der Waals surface area contributed by atoms with E-state index in [1.165, 1.54) is 21.9 Å². The Hall–Kier alpha value is -5.90. The quantitative estimate of drug-likeness (QED) is 0.194. The number of nitriles is 2. The van der Waals surface area contributed by atoms with E-state index in [0.29, 0.717) is 11.1 Å². The Bertz CT molecular complexity index is 2320. The molecule has 7 aromatic rings. The lowest BCUT2D eigenvalue weighted by molar-refractivity contribution is 0.590. The standard InChI is InChI=1S/C46H39N3/c1-45(2,3)34-18-21-42-40(24-34)41-25-35(46(4,5)6)19-22-43(41)49(42)36-26-38(31-13-9-7-10-14-31)44(39(27-36)32-15-11-8-12-16-32)37-20-17-30(28-47)23-33(37)29-48/h7-27H,1-6H3. The summed E-state index contributed by atoms with van der Waals surface area (Å²) in [5.41, 5.74) is 12.8. The van der Waals surface area contributed by atoms with Crippen molar-refractivity contribution in [3.8, 4) is 51.2 Å². The van der Waals surface area contributed by atoms with E-state index in [9.17, 15) is 10.5 Å². The summed E-state index contributed by atoms with van der Waals surface area (Å²) in [7, 11) is 0. The Morgan fingerprint density at radius 1 is 0.490 bits per heavy atom. The van der Waals surface area contributed by atoms with E-state index in [4.69, 9.17) is 0 Å². The van der Waals surface area contributed by atoms with Crippen LogP contribution in [0.15, 0.2) is 127 Å². The molecule has 0 amide bonds. The molecule has 0 radical (unpaired) electrons. The van der Waals surface area contributed by atoms with Crippen LogP contribution in [0.2, 0.25) is 0 Å². The SMILES string of the molecule is CC(C)(C)c1ccc2c(c1)c1cc(C(C)(C)C)ccc1n2-c1cc(-c2ccccc2)c(-c2ccc(C#N)cc2C#N)c(-c2ccccc2)c1. The molecule has 238 valence electrons. The number of rotatable bonds is 4. The Morgan fingerprint density at radius 2 is 0.980 bits per heavy atom. The predicted octanol–water partition coefficient (Wildman–Crippen LogP) is 12.1. The average Bonchev–Trinajstić information content (AvgIpc) is 3.44. The summed E-state index contributed by atoms with van der Waals surface area (Å²) in [6.45, 7) is 13.6. The molecule has 6 aromatic carbocycles. The molecular weight excluding hydrogens is 595 g/mol. The summed E-state index contributed by atoms with van der Waals surface area (Å²) in [4.78, 5) is 0. The molecule has 7 rings (SSSR count). The summed E-state index contributed by atoms with van der Waals surface area (Å²) in [5, 5.41) is 22.5. The van der Waals surface area contributed by atoms with Crippen LogP contribution < -0.4 is 0 Å². The van der Waals surface area contributed by atoms with Crippen LogP contribution in [0.1, 0.15) is 63.8 Å². The molecule has 3 heteroatoms. The van der Waals surface area contributed by atoms with Gasteiger partial charge in [0.1, 0.15) is 0 Å². The molecule has 49 heavy (non-hydrogen) atoms. The Kier molecular flexibility index (Phi) is 7.74. The van der Waals surface area contributed by atoms with Gasteiger partial charge in [0.2, 0.25) is 0 Å². The third-order valence-corrected chi connectivity index (χ3v) is 9.59. The van der Waals surface area contributed by atoms with Crippen molar-refractivity contribution in [2.24, 2.45) is 0 Å². The molecule has 3 nitrogen and oxygen atoms in total. The van der Waals surface area contributed by atoms with Gasteiger partial charge < -0.3 is 4.57 Å². The molecule has 1 aromatic heterocycles. The molecule has 0 fully saturated rings. The first-order chi connectivity index (χ1) is 23.5. The van der Waals surface area contributed by atoms with Crippen LogP contribution in [0.25, 0.3) is 60.9 Å². The van der Waals surface area contributed by atoms with Crippen molar-refractivity contribution >= 4 is 21.8 Å². The molecular formula is C46H39N3. The maximum atomic E-state index is 10.4. The monoisotopic (exact) mass is 633 g/mol. The first kappa shape index (κ1) is 31.7. The van der Waals surface area contributed by atoms with Crippen molar-refractivity contribution < 1.29 is 0 Å². The van der Waals surface area contributed by atoms with Crippen LogP contribution in [0.4, 0.5) is 0 Å². The highest BCUT2D eigenvalue weighted by Crippen LogP contribution is 2.45. The van der Waals surface area contributed by atoms with E-state index in [1.807, 2.05) is 18.2 Å². The molecule has 0 N–H and O–H groups in total. The highest BCUT2D eigenvalue weighted by molar-refractivity contribution is 6.10. The van der Waals surface area contributed by atoms with Gasteiger partial charge in [-0.15, -0.1) is 0 Å². The minimum atomic E-state index is 0.00635. The smallest absolute Gasteiger partial charge is 0.0998 e. The fraction of sp³-hybridized carbons (Fsp3) is 0.174. The number of fused-ring (bicyclic) bond motifs is 3. The van der Waals surface area contributed by atoms with Gasteiger partial charge in [0.05, 0.1) is 34.3 Å². The zero-order valence-electron chi connectivity index (χ0n) is 29.0. The number of aromatic nitrogens is 1. The number of benzene rings is 6. The second-order valence-corrected chi connectivity index (χ2v) is 14.9. The van der Waals surface area contributed by atoms with Crippen molar-refractivity contribution in [2.45, 2.75) is 52.4 Å². The lowest BCUT2D eigenvalue weighted by Gasteiger charge is -2.21. The van der Waals surface area contributed by atoms with Crippen LogP contribution in [-0.4, -0.2) is 4.57 Å². The van der Waals surface area contributed by atoms with Crippen LogP contribution in [-0.2, 0) is 10.8 Å². The zero-order chi connectivity index (χ0) is 34.5. The van der Waals surface area contributed by atoms with E-state index in [-0.39, 0.29) is 10.8 Å². The average molecular weight is 634 g/mol. The molecule has 0 spiro atoms. The molecule has 1 heterocycles. The fourth-order valence-corrected chi connectivity index (χ4v) is 6.90. The minimum Gasteiger partial charge on any atom is -0.309 e. The maximum Gasteiger partial charge on any atom is 0.0998 e. The molecule has 0 aliphatic rings. The van der Waals surface area contributed by atoms with Crippen molar-refractivity contribution in [1.29, 1.82) is 10.5 Å². The first-order valence-corrected chi connectivity index (χ1v) is 16.8. The number of hydrogen-bond acceptors (Lipinski definition) is 2. The predicted molar refractivity (Wildman–Crippen MR) is 204 cm³/mol. The fourth-order valence-electron chi connectivity index (χ4n) is 6.90. The lowest BCUT2D eigenvalue weighted by atomic mass is 9.85. The second-order valence-electron chi connectivity index (χ2n) is 14.9. The summed E-state index contributed by atoms with van der Waals surface area (Å²) >= 11 is 0. The lowest BCUT2D eigenvalue weighted by Crippen LogP contribution is -2.10. The van der Waals surface area contributed by atoms with E-state index in [1.54, 1.807) is 12.1 Å². The summed E-state index contributed by atoms with van der Waals surface area (Å²) in [6, 6.07) is 49.2. The number of nitrogens with zero attached hydrogens (tertiary/aromatic N) is 3. The van der Waals surface area contributed by atoms with Gasteiger partial charge in [-0.2, -0.15) is 10.5 Å². The number of hydrogen-bond donors (Lipinski definition) is 0. The topological polar surface area (TPSA) is 52.5 Å². The molecule has 0 unspecified atom stereocenters. The normalized spacial score (nSPS) is 11.8. The molecule has 0 saturated carbocycles. The van der Waals surface area contributed by atoms with Gasteiger partial charge >= 0.3 is 0 Å². The van der Waals surface area contributed by atoms with E-state index in [2.05, 4.69) is 155 Å². The molecule has 0 aliphatic heterocycles. The van der Waals surface area contributed by atoms with Crippen LogP contribution in [0.5, 0.6) is 0 Å². The van der Waals surface area contributed by atoms with Gasteiger partial charge in [0, 0.05) is 22.0 Å². The highest BCUT2D eigenvalue weighted by atomic mass is 15.0. The molecule has 0 aliphatic carbocycles. The van der Waals surface area contributed by atoms with Gasteiger partial charge in [-0.3, -0.25) is 0 Å². The van der Waals surface area contributed by atoms with Crippen molar-refractivity contribution in [2.75, 3.05) is 0 Å². The largest absolute Gasteiger partial charge is 0.309 e. The molecule has 0 saturated heterocycles. The van der Waals surface area contributed by atoms with E-state index < -0.39 is 0 Å². The molecule has 0 atom stereocenters.